The van der Waals surface area contributed by atoms with Crippen molar-refractivity contribution < 1.29 is 19.8 Å². The van der Waals surface area contributed by atoms with Gasteiger partial charge >= 0.3 is 11.9 Å². The van der Waals surface area contributed by atoms with Crippen molar-refractivity contribution in [1.82, 2.24) is 0 Å². The molecule has 0 amide bonds. The zero-order valence-corrected chi connectivity index (χ0v) is 9.17. The summed E-state index contributed by atoms with van der Waals surface area (Å²) in [6, 6.07) is 3.74. The van der Waals surface area contributed by atoms with Crippen LogP contribution in [-0.4, -0.2) is 27.1 Å². The first-order valence-electron chi connectivity index (χ1n) is 4.29. The number of anilines is 1. The Hall–Kier alpha value is -1.95. The summed E-state index contributed by atoms with van der Waals surface area (Å²) >= 11 is 4.79. The quantitative estimate of drug-likeness (QED) is 0.698. The van der Waals surface area contributed by atoms with Crippen molar-refractivity contribution in [3.05, 3.63) is 29.3 Å². The minimum Gasteiger partial charge on any atom is -0.478 e. The summed E-state index contributed by atoms with van der Waals surface area (Å²) in [5.74, 6) is -2.37. The van der Waals surface area contributed by atoms with Gasteiger partial charge in [0.05, 0.1) is 16.1 Å². The van der Waals surface area contributed by atoms with Crippen LogP contribution in [0.3, 0.4) is 0 Å². The number of carbonyl (C=O) groups is 2. The maximum atomic E-state index is 10.8. The number of aromatic carboxylic acids is 2. The molecular formula is C10H9NO4S. The van der Waals surface area contributed by atoms with E-state index in [0.717, 1.165) is 6.07 Å². The lowest BCUT2D eigenvalue weighted by molar-refractivity contribution is 0.0696. The minimum atomic E-state index is -1.19. The van der Waals surface area contributed by atoms with Gasteiger partial charge in [0, 0.05) is 5.69 Å². The van der Waals surface area contributed by atoms with Crippen LogP contribution >= 0.6 is 12.2 Å². The van der Waals surface area contributed by atoms with Crippen LogP contribution in [0.5, 0.6) is 0 Å². The molecule has 0 saturated carbocycles. The Balaban J connectivity index is 3.23. The van der Waals surface area contributed by atoms with E-state index in [2.05, 4.69) is 5.32 Å². The summed E-state index contributed by atoms with van der Waals surface area (Å²) in [6.45, 7) is 1.61. The van der Waals surface area contributed by atoms with Gasteiger partial charge in [0.2, 0.25) is 0 Å². The van der Waals surface area contributed by atoms with Crippen LogP contribution in [0, 0.1) is 0 Å². The highest BCUT2D eigenvalue weighted by molar-refractivity contribution is 7.80. The van der Waals surface area contributed by atoms with Gasteiger partial charge < -0.3 is 15.5 Å². The second-order valence-corrected chi connectivity index (χ2v) is 3.70. The molecule has 6 heteroatoms. The standard InChI is InChI=1S/C10H9NO4S/c1-5(16)11-8-3-6(9(12)13)2-7(4-8)10(14)15/h2-4H,1H3,(H,11,16)(H,12,13)(H,14,15). The molecule has 1 aromatic carbocycles. The number of thiocarbonyl (C=S) groups is 1. The first-order chi connectivity index (χ1) is 7.40. The van der Waals surface area contributed by atoms with Gasteiger partial charge in [-0.1, -0.05) is 12.2 Å². The van der Waals surface area contributed by atoms with Crippen molar-refractivity contribution in [2.24, 2.45) is 0 Å². The van der Waals surface area contributed by atoms with Gasteiger partial charge in [0.15, 0.2) is 0 Å². The second-order valence-electron chi connectivity index (χ2n) is 3.09. The normalized spacial score (nSPS) is 9.56. The Morgan fingerprint density at radius 3 is 1.88 bits per heavy atom. The third-order valence-electron chi connectivity index (χ3n) is 1.75. The van der Waals surface area contributed by atoms with Gasteiger partial charge in [-0.15, -0.1) is 0 Å². The lowest BCUT2D eigenvalue weighted by atomic mass is 10.1. The molecule has 0 fully saturated rings. The van der Waals surface area contributed by atoms with Crippen molar-refractivity contribution >= 4 is 34.8 Å². The fourth-order valence-electron chi connectivity index (χ4n) is 1.15. The van der Waals surface area contributed by atoms with E-state index in [0.29, 0.717) is 10.7 Å². The van der Waals surface area contributed by atoms with E-state index in [1.165, 1.54) is 12.1 Å². The number of hydrogen-bond acceptors (Lipinski definition) is 3. The van der Waals surface area contributed by atoms with Crippen LogP contribution in [0.25, 0.3) is 0 Å². The van der Waals surface area contributed by atoms with Crippen molar-refractivity contribution in [1.29, 1.82) is 0 Å². The van der Waals surface area contributed by atoms with Gasteiger partial charge in [-0.25, -0.2) is 9.59 Å². The van der Waals surface area contributed by atoms with Crippen LogP contribution in [0.2, 0.25) is 0 Å². The number of benzene rings is 1. The Morgan fingerprint density at radius 1 is 1.12 bits per heavy atom. The molecule has 84 valence electrons. The first kappa shape index (κ1) is 12.1. The van der Waals surface area contributed by atoms with E-state index in [1.807, 2.05) is 0 Å². The molecule has 5 nitrogen and oxygen atoms in total. The third kappa shape index (κ3) is 3.03. The molecule has 0 aliphatic rings. The molecule has 1 rings (SSSR count). The van der Waals surface area contributed by atoms with Crippen LogP contribution < -0.4 is 5.32 Å². The molecule has 16 heavy (non-hydrogen) atoms. The average Bonchev–Trinajstić information content (AvgIpc) is 2.15. The van der Waals surface area contributed by atoms with Gasteiger partial charge in [-0.2, -0.15) is 0 Å². The minimum absolute atomic E-state index is 0.0985. The smallest absolute Gasteiger partial charge is 0.335 e. The van der Waals surface area contributed by atoms with E-state index in [9.17, 15) is 9.59 Å². The lowest BCUT2D eigenvalue weighted by Crippen LogP contribution is -2.08. The molecular weight excluding hydrogens is 230 g/mol. The van der Waals surface area contributed by atoms with Crippen molar-refractivity contribution in [2.45, 2.75) is 6.92 Å². The van der Waals surface area contributed by atoms with Gasteiger partial charge in [-0.05, 0) is 25.1 Å². The van der Waals surface area contributed by atoms with Crippen LogP contribution in [0.15, 0.2) is 18.2 Å². The molecule has 0 spiro atoms. The van der Waals surface area contributed by atoms with E-state index in [4.69, 9.17) is 22.4 Å². The fraction of sp³-hybridized carbons (Fsp3) is 0.100. The molecule has 0 unspecified atom stereocenters. The molecule has 1 aromatic rings. The number of carboxylic acids is 2. The van der Waals surface area contributed by atoms with Crippen LogP contribution in [-0.2, 0) is 0 Å². The predicted molar refractivity (Wildman–Crippen MR) is 62.3 cm³/mol. The van der Waals surface area contributed by atoms with Crippen molar-refractivity contribution in [2.75, 3.05) is 5.32 Å². The Morgan fingerprint density at radius 2 is 1.56 bits per heavy atom. The van der Waals surface area contributed by atoms with Gasteiger partial charge in [0.1, 0.15) is 0 Å². The molecule has 0 aliphatic carbocycles. The molecule has 0 aromatic heterocycles. The molecule has 3 N–H and O–H groups in total. The highest BCUT2D eigenvalue weighted by Crippen LogP contribution is 2.15. The SMILES string of the molecule is CC(=S)Nc1cc(C(=O)O)cc(C(=O)O)c1. The Labute approximate surface area is 96.7 Å². The van der Waals surface area contributed by atoms with E-state index < -0.39 is 11.9 Å². The van der Waals surface area contributed by atoms with E-state index in [-0.39, 0.29) is 11.1 Å². The maximum Gasteiger partial charge on any atom is 0.335 e. The lowest BCUT2D eigenvalue weighted by Gasteiger charge is -2.06. The summed E-state index contributed by atoms with van der Waals surface area (Å²) < 4.78 is 0. The van der Waals surface area contributed by atoms with Crippen LogP contribution in [0.1, 0.15) is 27.6 Å². The summed E-state index contributed by atoms with van der Waals surface area (Å²) in [5, 5.41) is 20.3. The number of hydrogen-bond donors (Lipinski definition) is 3. The summed E-state index contributed by atoms with van der Waals surface area (Å²) in [4.78, 5) is 21.9. The molecule has 0 aliphatic heterocycles. The monoisotopic (exact) mass is 239 g/mol. The Kier molecular flexibility index (Phi) is 3.57. The molecule has 0 atom stereocenters. The average molecular weight is 239 g/mol. The number of nitrogens with one attached hydrogen (secondary N) is 1. The molecule has 0 heterocycles. The van der Waals surface area contributed by atoms with Crippen molar-refractivity contribution in [3.63, 3.8) is 0 Å². The van der Waals surface area contributed by atoms with E-state index >= 15 is 0 Å². The maximum absolute atomic E-state index is 10.8. The second kappa shape index (κ2) is 4.71. The van der Waals surface area contributed by atoms with Gasteiger partial charge in [0.25, 0.3) is 0 Å². The zero-order valence-electron chi connectivity index (χ0n) is 8.35. The largest absolute Gasteiger partial charge is 0.478 e. The summed E-state index contributed by atoms with van der Waals surface area (Å²) in [6.07, 6.45) is 0. The molecule has 0 bridgehead atoms. The number of rotatable bonds is 3. The highest BCUT2D eigenvalue weighted by atomic mass is 32.1. The zero-order chi connectivity index (χ0) is 12.3. The van der Waals surface area contributed by atoms with Crippen molar-refractivity contribution in [3.8, 4) is 0 Å². The first-order valence-corrected chi connectivity index (χ1v) is 4.70. The molecule has 0 saturated heterocycles. The van der Waals surface area contributed by atoms with Gasteiger partial charge in [-0.3, -0.25) is 0 Å². The number of carboxylic acid groups (broad SMARTS) is 2. The van der Waals surface area contributed by atoms with Crippen LogP contribution in [0.4, 0.5) is 5.69 Å². The Bertz CT molecular complexity index is 438. The molecule has 0 radical (unpaired) electrons. The third-order valence-corrected chi connectivity index (χ3v) is 1.85. The summed E-state index contributed by atoms with van der Waals surface area (Å²) in [7, 11) is 0. The topological polar surface area (TPSA) is 86.6 Å². The highest BCUT2D eigenvalue weighted by Gasteiger charge is 2.11. The fourth-order valence-corrected chi connectivity index (χ4v) is 1.27. The summed E-state index contributed by atoms with van der Waals surface area (Å²) in [5.41, 5.74) is 0.155. The predicted octanol–water partition coefficient (Wildman–Crippen LogP) is 1.84. The van der Waals surface area contributed by atoms with E-state index in [1.54, 1.807) is 6.92 Å².